The number of hydrogen-bond donors (Lipinski definition) is 2. The third kappa shape index (κ3) is 3.08. The lowest BCUT2D eigenvalue weighted by molar-refractivity contribution is 0.0696. The average Bonchev–Trinajstić information content (AvgIpc) is 2.33. The van der Waals surface area contributed by atoms with Crippen LogP contribution in [0.25, 0.3) is 0 Å². The van der Waals surface area contributed by atoms with Crippen molar-refractivity contribution in [3.8, 4) is 0 Å². The van der Waals surface area contributed by atoms with Gasteiger partial charge in [-0.05, 0) is 18.9 Å². The Balaban J connectivity index is 2.08. The standard InChI is InChI=1S/C11H13ClN2O3/c12-9-5-7(11(15)16)6-13-10(9)14-8-1-3-17-4-2-8/h5-6,8H,1-4H2,(H,13,14)(H,15,16). The maximum Gasteiger partial charge on any atom is 0.337 e. The highest BCUT2D eigenvalue weighted by Crippen LogP contribution is 2.22. The maximum absolute atomic E-state index is 10.7. The summed E-state index contributed by atoms with van der Waals surface area (Å²) in [5, 5.41) is 12.3. The van der Waals surface area contributed by atoms with E-state index in [0.29, 0.717) is 10.8 Å². The Morgan fingerprint density at radius 2 is 2.24 bits per heavy atom. The van der Waals surface area contributed by atoms with Gasteiger partial charge in [-0.25, -0.2) is 9.78 Å². The molecule has 1 aliphatic heterocycles. The van der Waals surface area contributed by atoms with Gasteiger partial charge in [-0.3, -0.25) is 0 Å². The molecular weight excluding hydrogens is 244 g/mol. The number of carbonyl (C=O) groups is 1. The quantitative estimate of drug-likeness (QED) is 0.866. The van der Waals surface area contributed by atoms with Crippen molar-refractivity contribution in [2.45, 2.75) is 18.9 Å². The van der Waals surface area contributed by atoms with Crippen LogP contribution in [0.15, 0.2) is 12.3 Å². The number of nitrogens with one attached hydrogen (secondary N) is 1. The molecule has 2 heterocycles. The van der Waals surface area contributed by atoms with Crippen molar-refractivity contribution in [3.05, 3.63) is 22.8 Å². The maximum atomic E-state index is 10.7. The largest absolute Gasteiger partial charge is 0.478 e. The van der Waals surface area contributed by atoms with E-state index in [2.05, 4.69) is 10.3 Å². The lowest BCUT2D eigenvalue weighted by Gasteiger charge is -2.24. The second kappa shape index (κ2) is 5.33. The van der Waals surface area contributed by atoms with E-state index in [-0.39, 0.29) is 11.6 Å². The minimum atomic E-state index is -1.03. The van der Waals surface area contributed by atoms with E-state index in [9.17, 15) is 4.79 Å². The highest BCUT2D eigenvalue weighted by Gasteiger charge is 2.16. The van der Waals surface area contributed by atoms with E-state index in [1.54, 1.807) is 0 Å². The number of carboxylic acids is 1. The molecule has 0 unspecified atom stereocenters. The molecule has 1 aromatic rings. The van der Waals surface area contributed by atoms with Crippen LogP contribution in [0.3, 0.4) is 0 Å². The topological polar surface area (TPSA) is 71.5 Å². The molecule has 1 fully saturated rings. The average molecular weight is 257 g/mol. The van der Waals surface area contributed by atoms with Gasteiger partial charge in [-0.2, -0.15) is 0 Å². The van der Waals surface area contributed by atoms with E-state index < -0.39 is 5.97 Å². The summed E-state index contributed by atoms with van der Waals surface area (Å²) in [5.41, 5.74) is 0.0903. The summed E-state index contributed by atoms with van der Waals surface area (Å²) in [6, 6.07) is 1.68. The fourth-order valence-corrected chi connectivity index (χ4v) is 1.92. The smallest absolute Gasteiger partial charge is 0.337 e. The first-order valence-electron chi connectivity index (χ1n) is 5.40. The number of hydrogen-bond acceptors (Lipinski definition) is 4. The molecule has 0 aromatic carbocycles. The normalized spacial score (nSPS) is 16.8. The molecule has 0 radical (unpaired) electrons. The van der Waals surface area contributed by atoms with Crippen LogP contribution >= 0.6 is 11.6 Å². The van der Waals surface area contributed by atoms with Crippen molar-refractivity contribution in [1.82, 2.24) is 4.98 Å². The van der Waals surface area contributed by atoms with E-state index >= 15 is 0 Å². The third-order valence-corrected chi connectivity index (χ3v) is 2.94. The van der Waals surface area contributed by atoms with Crippen molar-refractivity contribution in [3.63, 3.8) is 0 Å². The highest BCUT2D eigenvalue weighted by atomic mass is 35.5. The summed E-state index contributed by atoms with van der Waals surface area (Å²) in [6.45, 7) is 1.45. The molecule has 0 saturated carbocycles. The zero-order chi connectivity index (χ0) is 12.3. The van der Waals surface area contributed by atoms with Gasteiger partial charge in [0, 0.05) is 25.5 Å². The van der Waals surface area contributed by atoms with Gasteiger partial charge in [0.1, 0.15) is 5.82 Å². The second-order valence-electron chi connectivity index (χ2n) is 3.89. The van der Waals surface area contributed by atoms with E-state index in [4.69, 9.17) is 21.4 Å². The number of ether oxygens (including phenoxy) is 1. The number of carboxylic acid groups (broad SMARTS) is 1. The van der Waals surface area contributed by atoms with Gasteiger partial charge < -0.3 is 15.2 Å². The lowest BCUT2D eigenvalue weighted by atomic mass is 10.1. The van der Waals surface area contributed by atoms with Gasteiger partial charge in [-0.15, -0.1) is 0 Å². The zero-order valence-electron chi connectivity index (χ0n) is 9.15. The fourth-order valence-electron chi connectivity index (χ4n) is 1.70. The van der Waals surface area contributed by atoms with Gasteiger partial charge in [-0.1, -0.05) is 11.6 Å². The van der Waals surface area contributed by atoms with Crippen LogP contribution in [0.2, 0.25) is 5.02 Å². The SMILES string of the molecule is O=C(O)c1cnc(NC2CCOCC2)c(Cl)c1. The minimum absolute atomic E-state index is 0.0903. The lowest BCUT2D eigenvalue weighted by Crippen LogP contribution is -2.28. The molecule has 2 N–H and O–H groups in total. The Morgan fingerprint density at radius 1 is 1.53 bits per heavy atom. The first-order valence-corrected chi connectivity index (χ1v) is 5.78. The molecule has 1 aromatic heterocycles. The molecular formula is C11H13ClN2O3. The summed E-state index contributed by atoms with van der Waals surface area (Å²) in [7, 11) is 0. The van der Waals surface area contributed by atoms with Gasteiger partial charge in [0.05, 0.1) is 10.6 Å². The molecule has 0 bridgehead atoms. The van der Waals surface area contributed by atoms with E-state index in [1.807, 2.05) is 0 Å². The number of anilines is 1. The molecule has 92 valence electrons. The van der Waals surface area contributed by atoms with Crippen LogP contribution in [-0.2, 0) is 4.74 Å². The Bertz CT molecular complexity index is 419. The Morgan fingerprint density at radius 3 is 2.82 bits per heavy atom. The van der Waals surface area contributed by atoms with Crippen LogP contribution in [-0.4, -0.2) is 35.3 Å². The van der Waals surface area contributed by atoms with E-state index in [0.717, 1.165) is 26.1 Å². The first-order chi connectivity index (χ1) is 8.16. The Labute approximate surface area is 104 Å². The van der Waals surface area contributed by atoms with Crippen LogP contribution in [0.5, 0.6) is 0 Å². The van der Waals surface area contributed by atoms with Gasteiger partial charge in [0.25, 0.3) is 0 Å². The number of nitrogens with zero attached hydrogens (tertiary/aromatic N) is 1. The molecule has 17 heavy (non-hydrogen) atoms. The molecule has 5 nitrogen and oxygen atoms in total. The molecule has 1 saturated heterocycles. The summed E-state index contributed by atoms with van der Waals surface area (Å²) >= 11 is 5.97. The van der Waals surface area contributed by atoms with Gasteiger partial charge in [0.15, 0.2) is 0 Å². The highest BCUT2D eigenvalue weighted by molar-refractivity contribution is 6.33. The summed E-state index contributed by atoms with van der Waals surface area (Å²) < 4.78 is 5.25. The number of aromatic carboxylic acids is 1. The van der Waals surface area contributed by atoms with Crippen molar-refractivity contribution in [1.29, 1.82) is 0 Å². The molecule has 0 aliphatic carbocycles. The van der Waals surface area contributed by atoms with Crippen LogP contribution in [0.4, 0.5) is 5.82 Å². The molecule has 6 heteroatoms. The molecule has 2 rings (SSSR count). The number of aromatic nitrogens is 1. The third-order valence-electron chi connectivity index (χ3n) is 2.65. The Kier molecular flexibility index (Phi) is 3.81. The monoisotopic (exact) mass is 256 g/mol. The van der Waals surface area contributed by atoms with Crippen LogP contribution < -0.4 is 5.32 Å². The van der Waals surface area contributed by atoms with Gasteiger partial charge >= 0.3 is 5.97 Å². The number of pyridine rings is 1. The van der Waals surface area contributed by atoms with Gasteiger partial charge in [0.2, 0.25) is 0 Å². The van der Waals surface area contributed by atoms with Crippen molar-refractivity contribution < 1.29 is 14.6 Å². The van der Waals surface area contributed by atoms with Crippen LogP contribution in [0.1, 0.15) is 23.2 Å². The first kappa shape index (κ1) is 12.1. The molecule has 0 atom stereocenters. The minimum Gasteiger partial charge on any atom is -0.478 e. The second-order valence-corrected chi connectivity index (χ2v) is 4.30. The fraction of sp³-hybridized carbons (Fsp3) is 0.455. The predicted molar refractivity (Wildman–Crippen MR) is 63.7 cm³/mol. The van der Waals surface area contributed by atoms with Crippen LogP contribution in [0, 0.1) is 0 Å². The van der Waals surface area contributed by atoms with Crippen molar-refractivity contribution >= 4 is 23.4 Å². The predicted octanol–water partition coefficient (Wildman–Crippen LogP) is 2.02. The molecule has 0 spiro atoms. The number of rotatable bonds is 3. The van der Waals surface area contributed by atoms with E-state index in [1.165, 1.54) is 12.3 Å². The molecule has 1 aliphatic rings. The summed E-state index contributed by atoms with van der Waals surface area (Å²) in [6.07, 6.45) is 3.10. The number of halogens is 1. The van der Waals surface area contributed by atoms with Crippen molar-refractivity contribution in [2.24, 2.45) is 0 Å². The zero-order valence-corrected chi connectivity index (χ0v) is 9.91. The Hall–Kier alpha value is -1.33. The van der Waals surface area contributed by atoms with Crippen molar-refractivity contribution in [2.75, 3.05) is 18.5 Å². The summed E-state index contributed by atoms with van der Waals surface area (Å²) in [4.78, 5) is 14.7. The molecule has 0 amide bonds. The summed E-state index contributed by atoms with van der Waals surface area (Å²) in [5.74, 6) is -0.499.